The minimum absolute atomic E-state index is 0.0326. The smallest absolute Gasteiger partial charge is 0.266 e. The van der Waals surface area contributed by atoms with Gasteiger partial charge in [-0.25, -0.2) is 0 Å². The minimum atomic E-state index is -4.04. The molecular weight excluding hydrogens is 438 g/mol. The van der Waals surface area contributed by atoms with E-state index < -0.39 is 15.9 Å². The highest BCUT2D eigenvalue weighted by Crippen LogP contribution is 2.68. The Morgan fingerprint density at radius 2 is 1.73 bits per heavy atom. The third-order valence-corrected chi connectivity index (χ3v) is 11.6. The second-order valence-corrected chi connectivity index (χ2v) is 14.0. The lowest BCUT2D eigenvalue weighted by atomic mass is 9.44. The molecule has 0 aliphatic heterocycles. The van der Waals surface area contributed by atoms with Crippen molar-refractivity contribution in [2.45, 2.75) is 97.5 Å². The van der Waals surface area contributed by atoms with Crippen LogP contribution in [0.2, 0.25) is 0 Å². The molecule has 190 valence electrons. The van der Waals surface area contributed by atoms with Crippen molar-refractivity contribution in [3.63, 3.8) is 0 Å². The molecule has 3 N–H and O–H groups in total. The Labute approximate surface area is 200 Å². The molecule has 4 aliphatic rings. The predicted molar refractivity (Wildman–Crippen MR) is 129 cm³/mol. The maximum Gasteiger partial charge on any atom is 0.266 e. The van der Waals surface area contributed by atoms with Gasteiger partial charge < -0.3 is 10.4 Å². The van der Waals surface area contributed by atoms with Gasteiger partial charge in [-0.2, -0.15) is 8.42 Å². The summed E-state index contributed by atoms with van der Waals surface area (Å²) in [5.74, 6) is 3.68. The summed E-state index contributed by atoms with van der Waals surface area (Å²) in [6.07, 6.45) is 12.1. The van der Waals surface area contributed by atoms with Crippen LogP contribution in [-0.4, -0.2) is 42.4 Å². The number of hydrogen-bond donors (Lipinski definition) is 3. The zero-order valence-electron chi connectivity index (χ0n) is 20.8. The molecule has 0 bridgehead atoms. The molecule has 0 saturated heterocycles. The normalized spacial score (nSPS) is 43.8. The molecule has 4 fully saturated rings. The number of hydrogen-bond acceptors (Lipinski definition) is 4. The van der Waals surface area contributed by atoms with Gasteiger partial charge in [0.2, 0.25) is 5.91 Å². The van der Waals surface area contributed by atoms with Crippen LogP contribution in [0.1, 0.15) is 91.4 Å². The minimum Gasteiger partial charge on any atom is -0.393 e. The number of rotatable bonds is 7. The number of fused-ring (bicyclic) bond motifs is 5. The molecule has 0 radical (unpaired) electrons. The van der Waals surface area contributed by atoms with Crippen molar-refractivity contribution in [1.82, 2.24) is 5.32 Å². The van der Waals surface area contributed by atoms with Gasteiger partial charge in [-0.3, -0.25) is 9.35 Å². The molecule has 1 amide bonds. The largest absolute Gasteiger partial charge is 0.393 e. The number of amides is 1. The Morgan fingerprint density at radius 3 is 2.45 bits per heavy atom. The number of aliphatic hydroxyl groups is 1. The highest BCUT2D eigenvalue weighted by molar-refractivity contribution is 7.85. The number of carbonyl (C=O) groups excluding carboxylic acids is 1. The lowest BCUT2D eigenvalue weighted by Gasteiger charge is -2.61. The van der Waals surface area contributed by atoms with E-state index in [0.29, 0.717) is 35.0 Å². The van der Waals surface area contributed by atoms with Crippen LogP contribution < -0.4 is 5.32 Å². The highest BCUT2D eigenvalue weighted by atomic mass is 32.2. The fourth-order valence-electron chi connectivity index (χ4n) is 9.18. The van der Waals surface area contributed by atoms with Crippen LogP contribution >= 0.6 is 0 Å². The zero-order valence-corrected chi connectivity index (χ0v) is 21.6. The van der Waals surface area contributed by atoms with Gasteiger partial charge in [0.1, 0.15) is 0 Å². The fourth-order valence-corrected chi connectivity index (χ4v) is 9.54. The first-order valence-corrected chi connectivity index (χ1v) is 14.9. The third kappa shape index (κ3) is 5.02. The van der Waals surface area contributed by atoms with Crippen molar-refractivity contribution in [1.29, 1.82) is 0 Å². The lowest BCUT2D eigenvalue weighted by Crippen LogP contribution is -2.54. The van der Waals surface area contributed by atoms with E-state index in [9.17, 15) is 18.3 Å². The quantitative estimate of drug-likeness (QED) is 0.465. The first-order valence-electron chi connectivity index (χ1n) is 13.3. The van der Waals surface area contributed by atoms with Gasteiger partial charge >= 0.3 is 0 Å². The molecule has 0 spiro atoms. The highest BCUT2D eigenvalue weighted by Gasteiger charge is 2.60. The van der Waals surface area contributed by atoms with Crippen LogP contribution in [0.5, 0.6) is 0 Å². The van der Waals surface area contributed by atoms with E-state index in [1.54, 1.807) is 0 Å². The van der Waals surface area contributed by atoms with Crippen LogP contribution in [0.3, 0.4) is 0 Å². The summed E-state index contributed by atoms with van der Waals surface area (Å²) in [5.41, 5.74) is 0.771. The van der Waals surface area contributed by atoms with Gasteiger partial charge in [-0.05, 0) is 111 Å². The Kier molecular flexibility index (Phi) is 7.26. The molecule has 0 aromatic heterocycles. The van der Waals surface area contributed by atoms with Crippen molar-refractivity contribution in [2.75, 3.05) is 12.3 Å². The monoisotopic (exact) mass is 483 g/mol. The Morgan fingerprint density at radius 1 is 1.03 bits per heavy atom. The molecule has 0 heterocycles. The van der Waals surface area contributed by atoms with E-state index in [1.807, 2.05) is 0 Å². The molecule has 4 rings (SSSR count). The molecule has 0 aromatic carbocycles. The summed E-state index contributed by atoms with van der Waals surface area (Å²) in [6.45, 7) is 7.34. The first-order chi connectivity index (χ1) is 15.4. The van der Waals surface area contributed by atoms with E-state index in [1.165, 1.54) is 44.9 Å². The molecule has 4 saturated carbocycles. The summed E-state index contributed by atoms with van der Waals surface area (Å²) < 4.78 is 30.5. The summed E-state index contributed by atoms with van der Waals surface area (Å²) in [6, 6.07) is 0. The van der Waals surface area contributed by atoms with E-state index in [2.05, 4.69) is 26.1 Å². The molecule has 0 aromatic rings. The van der Waals surface area contributed by atoms with Gasteiger partial charge in [-0.1, -0.05) is 20.8 Å². The summed E-state index contributed by atoms with van der Waals surface area (Å²) >= 11 is 0. The van der Waals surface area contributed by atoms with Crippen LogP contribution in [0, 0.1) is 46.3 Å². The maximum atomic E-state index is 12.2. The maximum absolute atomic E-state index is 12.2. The Balaban J connectivity index is 1.35. The van der Waals surface area contributed by atoms with Crippen molar-refractivity contribution in [3.8, 4) is 0 Å². The summed E-state index contributed by atoms with van der Waals surface area (Å²) in [5, 5.41) is 12.9. The molecule has 0 unspecified atom stereocenters. The second kappa shape index (κ2) is 9.42. The molecule has 7 heteroatoms. The molecular formula is C26H45NO5S. The van der Waals surface area contributed by atoms with Crippen LogP contribution in [-0.2, 0) is 14.9 Å². The number of aliphatic hydroxyl groups excluding tert-OH is 1. The summed E-state index contributed by atoms with van der Waals surface area (Å²) in [4.78, 5) is 12.2. The third-order valence-electron chi connectivity index (χ3n) is 10.9. The van der Waals surface area contributed by atoms with Crippen molar-refractivity contribution in [2.24, 2.45) is 46.3 Å². The van der Waals surface area contributed by atoms with Gasteiger partial charge in [0, 0.05) is 13.0 Å². The van der Waals surface area contributed by atoms with Gasteiger partial charge in [0.05, 0.1) is 11.9 Å². The van der Waals surface area contributed by atoms with Crippen molar-refractivity contribution >= 4 is 16.0 Å². The molecule has 6 nitrogen and oxygen atoms in total. The number of carbonyl (C=O) groups is 1. The van der Waals surface area contributed by atoms with E-state index in [-0.39, 0.29) is 18.6 Å². The van der Waals surface area contributed by atoms with E-state index >= 15 is 0 Å². The standard InChI is InChI=1S/C26H45NO5S/c1-17(4-9-24(29)27-14-15-33(30,31)32)21-7-8-22-20-6-5-18-16-19(28)10-12-25(18,2)23(20)11-13-26(21,22)3/h17-23,28H,4-16H2,1-3H3,(H,27,29)(H,30,31,32)/t17-,18-,19-,20-,21+,22-,23-,25-,26+/m0/s1. The van der Waals surface area contributed by atoms with Crippen molar-refractivity contribution < 1.29 is 22.9 Å². The average molecular weight is 484 g/mol. The zero-order chi connectivity index (χ0) is 24.0. The van der Waals surface area contributed by atoms with Gasteiger partial charge in [0.15, 0.2) is 0 Å². The van der Waals surface area contributed by atoms with Crippen LogP contribution in [0.25, 0.3) is 0 Å². The fraction of sp³-hybridized carbons (Fsp3) is 0.962. The predicted octanol–water partition coefficient (Wildman–Crippen LogP) is 4.43. The topological polar surface area (TPSA) is 104 Å². The van der Waals surface area contributed by atoms with E-state index in [4.69, 9.17) is 4.55 Å². The van der Waals surface area contributed by atoms with Gasteiger partial charge in [0.25, 0.3) is 10.1 Å². The van der Waals surface area contributed by atoms with E-state index in [0.717, 1.165) is 37.0 Å². The SMILES string of the molecule is C[C@@H](CCC(=O)NCCS(=O)(=O)O)[C@H]1CC[C@H]2[C@@H]3CC[C@H]4C[C@@H](O)CC[C@]4(C)[C@H]3CC[C@]12C. The lowest BCUT2D eigenvalue weighted by molar-refractivity contribution is -0.129. The Bertz CT molecular complexity index is 831. The molecule has 33 heavy (non-hydrogen) atoms. The van der Waals surface area contributed by atoms with Crippen LogP contribution in [0.4, 0.5) is 0 Å². The first kappa shape index (κ1) is 25.4. The average Bonchev–Trinajstić information content (AvgIpc) is 3.09. The second-order valence-electron chi connectivity index (χ2n) is 12.5. The van der Waals surface area contributed by atoms with Crippen molar-refractivity contribution in [3.05, 3.63) is 0 Å². The number of nitrogens with one attached hydrogen (secondary N) is 1. The van der Waals surface area contributed by atoms with Crippen LogP contribution in [0.15, 0.2) is 0 Å². The molecule has 4 aliphatic carbocycles. The summed E-state index contributed by atoms with van der Waals surface area (Å²) in [7, 11) is -4.04. The molecule has 9 atom stereocenters. The Hall–Kier alpha value is -0.660. The van der Waals surface area contributed by atoms with Gasteiger partial charge in [-0.15, -0.1) is 0 Å².